The van der Waals surface area contributed by atoms with E-state index in [1.54, 1.807) is 73.6 Å². The Balaban J connectivity index is 2.09. The van der Waals surface area contributed by atoms with E-state index in [2.05, 4.69) is 0 Å². The zero-order chi connectivity index (χ0) is 29.3. The molecule has 0 unspecified atom stereocenters. The van der Waals surface area contributed by atoms with Crippen LogP contribution < -0.4 is 4.90 Å². The molecule has 0 bridgehead atoms. The summed E-state index contributed by atoms with van der Waals surface area (Å²) in [4.78, 5) is 27.4. The van der Waals surface area contributed by atoms with Gasteiger partial charge in [0.05, 0.1) is 11.8 Å². The third-order valence-electron chi connectivity index (χ3n) is 6.52. The topological polar surface area (TPSA) is 115 Å². The van der Waals surface area contributed by atoms with Gasteiger partial charge in [-0.05, 0) is 72.6 Å². The average molecular weight is 550 g/mol. The number of halogens is 1. The van der Waals surface area contributed by atoms with Gasteiger partial charge >= 0.3 is 12.1 Å². The summed E-state index contributed by atoms with van der Waals surface area (Å²) in [6.45, 7) is 13.9. The molecular formula is C29H40FNO8. The maximum Gasteiger partial charge on any atom is 0.414 e. The summed E-state index contributed by atoms with van der Waals surface area (Å²) in [6.07, 6.45) is 0.0135. The van der Waals surface area contributed by atoms with Crippen LogP contribution in [0.25, 0.3) is 6.08 Å². The van der Waals surface area contributed by atoms with Crippen molar-refractivity contribution in [1.29, 1.82) is 0 Å². The maximum atomic E-state index is 15.0. The Morgan fingerprint density at radius 3 is 2.51 bits per heavy atom. The molecule has 2 N–H and O–H groups in total. The third-order valence-corrected chi connectivity index (χ3v) is 6.52. The SMILES string of the molecule is CCN(C(=O)OC(C)(C)C)c1cc(O)c2c(c1)/C=C/C[C@@H]1OC(C)(C)O[C@@H]1[C@H](O)/C(F)=C\[C@@H](C)[C@H](C)OC2=O. The number of rotatable bonds is 2. The first kappa shape index (κ1) is 30.6. The van der Waals surface area contributed by atoms with E-state index in [0.29, 0.717) is 11.3 Å². The molecule has 2 heterocycles. The Kier molecular flexibility index (Phi) is 9.14. The summed E-state index contributed by atoms with van der Waals surface area (Å²) < 4.78 is 37.8. The number of nitrogens with zero attached hydrogens (tertiary/aromatic N) is 1. The van der Waals surface area contributed by atoms with Crippen LogP contribution in [-0.4, -0.2) is 64.6 Å². The van der Waals surface area contributed by atoms with Crippen molar-refractivity contribution in [3.8, 4) is 5.75 Å². The first-order chi connectivity index (χ1) is 18.0. The van der Waals surface area contributed by atoms with Crippen molar-refractivity contribution >= 4 is 23.8 Å². The van der Waals surface area contributed by atoms with Gasteiger partial charge in [0.25, 0.3) is 0 Å². The molecule has 1 aromatic carbocycles. The van der Waals surface area contributed by atoms with Crippen molar-refractivity contribution in [2.45, 2.75) is 97.6 Å². The monoisotopic (exact) mass is 549 g/mol. The third kappa shape index (κ3) is 7.38. The predicted octanol–water partition coefficient (Wildman–Crippen LogP) is 5.49. The van der Waals surface area contributed by atoms with E-state index in [0.717, 1.165) is 0 Å². The number of phenolic OH excluding ortho intramolecular Hbond substituents is 1. The molecule has 5 atom stereocenters. The van der Waals surface area contributed by atoms with E-state index in [-0.39, 0.29) is 24.3 Å². The number of phenols is 1. The molecule has 9 nitrogen and oxygen atoms in total. The predicted molar refractivity (Wildman–Crippen MR) is 144 cm³/mol. The molecule has 39 heavy (non-hydrogen) atoms. The summed E-state index contributed by atoms with van der Waals surface area (Å²) in [5.74, 6) is -3.66. The number of carbonyl (C=O) groups excluding carboxylic acids is 2. The van der Waals surface area contributed by atoms with Gasteiger partial charge < -0.3 is 29.2 Å². The van der Waals surface area contributed by atoms with Crippen molar-refractivity contribution in [2.24, 2.45) is 5.92 Å². The molecule has 10 heteroatoms. The van der Waals surface area contributed by atoms with Crippen LogP contribution in [0.3, 0.4) is 0 Å². The summed E-state index contributed by atoms with van der Waals surface area (Å²) in [5, 5.41) is 21.7. The highest BCUT2D eigenvalue weighted by atomic mass is 19.1. The number of esters is 1. The maximum absolute atomic E-state index is 15.0. The van der Waals surface area contributed by atoms with Crippen molar-refractivity contribution in [2.75, 3.05) is 11.4 Å². The number of ether oxygens (including phenoxy) is 4. The van der Waals surface area contributed by atoms with Crippen LogP contribution in [0.2, 0.25) is 0 Å². The van der Waals surface area contributed by atoms with Gasteiger partial charge in [-0.3, -0.25) is 4.90 Å². The van der Waals surface area contributed by atoms with Crippen molar-refractivity contribution in [3.63, 3.8) is 0 Å². The fourth-order valence-corrected chi connectivity index (χ4v) is 4.50. The lowest BCUT2D eigenvalue weighted by Crippen LogP contribution is -2.37. The highest BCUT2D eigenvalue weighted by Gasteiger charge is 2.45. The number of amides is 1. The summed E-state index contributed by atoms with van der Waals surface area (Å²) in [7, 11) is 0. The number of aliphatic hydroxyl groups excluding tert-OH is 1. The second-order valence-electron chi connectivity index (χ2n) is 11.4. The molecule has 0 aliphatic carbocycles. The van der Waals surface area contributed by atoms with Gasteiger partial charge in [0.15, 0.2) is 5.79 Å². The molecule has 2 aliphatic heterocycles. The number of hydrogen-bond donors (Lipinski definition) is 2. The minimum Gasteiger partial charge on any atom is -0.507 e. The minimum atomic E-state index is -1.58. The summed E-state index contributed by atoms with van der Waals surface area (Å²) in [5.41, 5.74) is -0.215. The van der Waals surface area contributed by atoms with E-state index in [1.165, 1.54) is 17.0 Å². The van der Waals surface area contributed by atoms with Crippen molar-refractivity contribution in [1.82, 2.24) is 0 Å². The number of cyclic esters (lactones) is 1. The zero-order valence-electron chi connectivity index (χ0n) is 23.9. The Morgan fingerprint density at radius 2 is 1.90 bits per heavy atom. The average Bonchev–Trinajstić information content (AvgIpc) is 3.10. The van der Waals surface area contributed by atoms with Crippen LogP contribution in [0.15, 0.2) is 30.1 Å². The van der Waals surface area contributed by atoms with Crippen LogP contribution in [0, 0.1) is 5.92 Å². The number of aliphatic hydroxyl groups is 1. The van der Waals surface area contributed by atoms with Gasteiger partial charge in [0, 0.05) is 18.5 Å². The molecule has 1 saturated heterocycles. The Labute approximate surface area is 229 Å². The standard InChI is InChI=1S/C29H40FNO8/c1-9-31(27(35)39-28(4,5)6)19-14-18-11-10-12-22-25(38-29(7,8)37-22)24(33)20(30)13-16(2)17(3)36-26(34)23(18)21(32)15-19/h10-11,13-17,22,24-25,32-33H,9,12H2,1-8H3/b11-10+,20-13+/t16-,17+,22+,24-,25+/m1/s1. The summed E-state index contributed by atoms with van der Waals surface area (Å²) >= 11 is 0. The Morgan fingerprint density at radius 1 is 1.23 bits per heavy atom. The molecule has 2 aliphatic rings. The van der Waals surface area contributed by atoms with Gasteiger partial charge in [-0.2, -0.15) is 0 Å². The number of hydrogen-bond acceptors (Lipinski definition) is 8. The van der Waals surface area contributed by atoms with Crippen LogP contribution >= 0.6 is 0 Å². The molecule has 0 saturated carbocycles. The molecule has 1 aromatic rings. The van der Waals surface area contributed by atoms with Crippen molar-refractivity contribution < 1.29 is 43.1 Å². The van der Waals surface area contributed by atoms with Crippen LogP contribution in [0.1, 0.15) is 77.7 Å². The lowest BCUT2D eigenvalue weighted by molar-refractivity contribution is -0.153. The molecule has 216 valence electrons. The van der Waals surface area contributed by atoms with Gasteiger partial charge in [-0.1, -0.05) is 19.1 Å². The van der Waals surface area contributed by atoms with Gasteiger partial charge in [-0.15, -0.1) is 0 Å². The molecule has 3 rings (SSSR count). The number of benzene rings is 1. The van der Waals surface area contributed by atoms with E-state index < -0.39 is 59.6 Å². The lowest BCUT2D eigenvalue weighted by Gasteiger charge is -2.27. The minimum absolute atomic E-state index is 0.101. The smallest absolute Gasteiger partial charge is 0.414 e. The van der Waals surface area contributed by atoms with Gasteiger partial charge in [0.1, 0.15) is 41.1 Å². The first-order valence-corrected chi connectivity index (χ1v) is 13.2. The molecular weight excluding hydrogens is 509 g/mol. The molecule has 0 spiro atoms. The normalized spacial score (nSPS) is 29.6. The van der Waals surface area contributed by atoms with E-state index >= 15 is 4.39 Å². The van der Waals surface area contributed by atoms with Crippen LogP contribution in [0.5, 0.6) is 5.75 Å². The fraction of sp³-hybridized carbons (Fsp3) is 0.586. The second-order valence-corrected chi connectivity index (χ2v) is 11.4. The van der Waals surface area contributed by atoms with E-state index in [9.17, 15) is 19.8 Å². The largest absolute Gasteiger partial charge is 0.507 e. The molecule has 1 fully saturated rings. The molecule has 0 radical (unpaired) electrons. The van der Waals surface area contributed by atoms with E-state index in [4.69, 9.17) is 18.9 Å². The van der Waals surface area contributed by atoms with E-state index in [1.807, 2.05) is 0 Å². The molecule has 1 amide bonds. The van der Waals surface area contributed by atoms with Crippen molar-refractivity contribution in [3.05, 3.63) is 41.2 Å². The van der Waals surface area contributed by atoms with Crippen LogP contribution in [-0.2, 0) is 18.9 Å². The lowest BCUT2D eigenvalue weighted by atomic mass is 9.98. The fourth-order valence-electron chi connectivity index (χ4n) is 4.50. The molecule has 0 aromatic heterocycles. The zero-order valence-corrected chi connectivity index (χ0v) is 23.9. The summed E-state index contributed by atoms with van der Waals surface area (Å²) in [6, 6.07) is 2.89. The van der Waals surface area contributed by atoms with Crippen LogP contribution in [0.4, 0.5) is 14.9 Å². The van der Waals surface area contributed by atoms with Gasteiger partial charge in [-0.25, -0.2) is 14.0 Å². The first-order valence-electron chi connectivity index (χ1n) is 13.2. The number of anilines is 1. The highest BCUT2D eigenvalue weighted by molar-refractivity contribution is 5.99. The number of carbonyl (C=O) groups is 2. The highest BCUT2D eigenvalue weighted by Crippen LogP contribution is 2.36. The van der Waals surface area contributed by atoms with Gasteiger partial charge in [0.2, 0.25) is 0 Å². The number of fused-ring (bicyclic) bond motifs is 2. The Hall–Kier alpha value is -2.95. The quantitative estimate of drug-likeness (QED) is 0.466. The Bertz CT molecular complexity index is 1140. The number of aromatic hydroxyl groups is 1. The second kappa shape index (κ2) is 11.7.